The topological polar surface area (TPSA) is 73.4 Å². The molecule has 0 unspecified atom stereocenters. The summed E-state index contributed by atoms with van der Waals surface area (Å²) >= 11 is 0. The number of rotatable bonds is 5. The van der Waals surface area contributed by atoms with E-state index < -0.39 is 5.82 Å². The predicted octanol–water partition coefficient (Wildman–Crippen LogP) is 3.73. The Morgan fingerprint density at radius 1 is 1.25 bits per heavy atom. The van der Waals surface area contributed by atoms with Crippen LogP contribution in [0.5, 0.6) is 0 Å². The van der Waals surface area contributed by atoms with Gasteiger partial charge in [0.05, 0.1) is 5.56 Å². The number of aromatic nitrogens is 1. The first-order chi connectivity index (χ1) is 13.3. The Morgan fingerprint density at radius 3 is 2.54 bits per heavy atom. The number of halogens is 1. The minimum Gasteiger partial charge on any atom is -0.420 e. The number of nitrogens with zero attached hydrogens (tertiary/aromatic N) is 4. The van der Waals surface area contributed by atoms with Gasteiger partial charge < -0.3 is 14.2 Å². The SMILES string of the molecule is Cc1c(-c2ccccc2)c(F)c2oc(N(C)CCC(=O)N(C)C)nc2c1C#N. The zero-order valence-electron chi connectivity index (χ0n) is 16.3. The number of anilines is 1. The van der Waals surface area contributed by atoms with Gasteiger partial charge in [0, 0.05) is 39.7 Å². The normalized spacial score (nSPS) is 10.7. The molecular weight excluding hydrogens is 359 g/mol. The Balaban J connectivity index is 2.08. The molecule has 7 heteroatoms. The van der Waals surface area contributed by atoms with Gasteiger partial charge in [0.25, 0.3) is 6.01 Å². The van der Waals surface area contributed by atoms with Gasteiger partial charge in [-0.15, -0.1) is 0 Å². The summed E-state index contributed by atoms with van der Waals surface area (Å²) in [4.78, 5) is 19.3. The quantitative estimate of drug-likeness (QED) is 0.674. The van der Waals surface area contributed by atoms with Crippen molar-refractivity contribution < 1.29 is 13.6 Å². The Kier molecular flexibility index (Phi) is 5.32. The molecule has 0 atom stereocenters. The lowest BCUT2D eigenvalue weighted by molar-refractivity contribution is -0.128. The van der Waals surface area contributed by atoms with E-state index in [2.05, 4.69) is 11.1 Å². The molecule has 3 aromatic rings. The molecule has 1 aromatic heterocycles. The van der Waals surface area contributed by atoms with E-state index in [1.807, 2.05) is 18.2 Å². The third-order valence-corrected chi connectivity index (χ3v) is 4.68. The molecule has 0 aliphatic carbocycles. The number of benzene rings is 2. The van der Waals surface area contributed by atoms with Crippen molar-refractivity contribution in [2.45, 2.75) is 13.3 Å². The lowest BCUT2D eigenvalue weighted by Gasteiger charge is -2.15. The fourth-order valence-electron chi connectivity index (χ4n) is 3.04. The lowest BCUT2D eigenvalue weighted by Crippen LogP contribution is -2.28. The van der Waals surface area contributed by atoms with Crippen molar-refractivity contribution in [3.63, 3.8) is 0 Å². The number of carbonyl (C=O) groups is 1. The Labute approximate surface area is 162 Å². The highest BCUT2D eigenvalue weighted by Crippen LogP contribution is 2.37. The van der Waals surface area contributed by atoms with Gasteiger partial charge >= 0.3 is 0 Å². The molecular formula is C21H21FN4O2. The highest BCUT2D eigenvalue weighted by Gasteiger charge is 2.24. The maximum absolute atomic E-state index is 15.3. The van der Waals surface area contributed by atoms with Gasteiger partial charge in [-0.2, -0.15) is 10.2 Å². The van der Waals surface area contributed by atoms with E-state index in [4.69, 9.17) is 4.42 Å². The Hall–Kier alpha value is -3.40. The molecule has 144 valence electrons. The molecule has 0 saturated heterocycles. The van der Waals surface area contributed by atoms with Crippen LogP contribution >= 0.6 is 0 Å². The van der Waals surface area contributed by atoms with E-state index in [9.17, 15) is 10.1 Å². The smallest absolute Gasteiger partial charge is 0.298 e. The first-order valence-corrected chi connectivity index (χ1v) is 8.84. The lowest BCUT2D eigenvalue weighted by atomic mass is 9.95. The summed E-state index contributed by atoms with van der Waals surface area (Å²) in [5, 5.41) is 9.65. The molecule has 0 fully saturated rings. The van der Waals surface area contributed by atoms with Crippen LogP contribution in [-0.2, 0) is 4.79 Å². The Bertz CT molecular complexity index is 1070. The van der Waals surface area contributed by atoms with Crippen molar-refractivity contribution in [2.24, 2.45) is 0 Å². The average Bonchev–Trinajstić information content (AvgIpc) is 3.12. The van der Waals surface area contributed by atoms with Crippen LogP contribution in [0.4, 0.5) is 10.4 Å². The molecule has 0 radical (unpaired) electrons. The zero-order valence-corrected chi connectivity index (χ0v) is 16.3. The molecule has 0 spiro atoms. The molecule has 1 amide bonds. The molecule has 0 aliphatic heterocycles. The number of hydrogen-bond donors (Lipinski definition) is 0. The molecule has 6 nitrogen and oxygen atoms in total. The maximum Gasteiger partial charge on any atom is 0.298 e. The standard InChI is InChI=1S/C21H21FN4O2/c1-13-15(12-23)19-20(18(22)17(13)14-8-6-5-7-9-14)28-21(24-19)26(4)11-10-16(27)25(2)3/h5-9H,10-11H2,1-4H3. The van der Waals surface area contributed by atoms with Crippen LogP contribution in [0.3, 0.4) is 0 Å². The summed E-state index contributed by atoms with van der Waals surface area (Å²) in [6.07, 6.45) is 0.268. The van der Waals surface area contributed by atoms with Crippen LogP contribution in [0.1, 0.15) is 17.5 Å². The zero-order chi connectivity index (χ0) is 20.4. The molecule has 0 N–H and O–H groups in total. The molecule has 0 aliphatic rings. The maximum atomic E-state index is 15.3. The highest BCUT2D eigenvalue weighted by atomic mass is 19.1. The minimum absolute atomic E-state index is 0.0333. The fourth-order valence-corrected chi connectivity index (χ4v) is 3.04. The molecule has 3 rings (SSSR count). The number of carbonyl (C=O) groups excluding carboxylic acids is 1. The first kappa shape index (κ1) is 19.4. The second kappa shape index (κ2) is 7.69. The van der Waals surface area contributed by atoms with Gasteiger partial charge in [-0.1, -0.05) is 30.3 Å². The number of fused-ring (bicyclic) bond motifs is 1. The third-order valence-electron chi connectivity index (χ3n) is 4.68. The summed E-state index contributed by atoms with van der Waals surface area (Å²) < 4.78 is 21.0. The van der Waals surface area contributed by atoms with Crippen LogP contribution in [0.2, 0.25) is 0 Å². The van der Waals surface area contributed by atoms with Crippen molar-refractivity contribution in [2.75, 3.05) is 32.6 Å². The summed E-state index contributed by atoms with van der Waals surface area (Å²) in [7, 11) is 5.08. The summed E-state index contributed by atoms with van der Waals surface area (Å²) in [5.74, 6) is -0.580. The van der Waals surface area contributed by atoms with Gasteiger partial charge in [-0.3, -0.25) is 4.79 Å². The van der Waals surface area contributed by atoms with E-state index >= 15 is 4.39 Å². The molecule has 0 saturated carbocycles. The number of oxazole rings is 1. The summed E-state index contributed by atoms with van der Waals surface area (Å²) in [6.45, 7) is 2.06. The van der Waals surface area contributed by atoms with Crippen LogP contribution in [0.15, 0.2) is 34.7 Å². The second-order valence-electron chi connectivity index (χ2n) is 6.80. The van der Waals surface area contributed by atoms with Crippen LogP contribution in [0.25, 0.3) is 22.2 Å². The molecule has 28 heavy (non-hydrogen) atoms. The van der Waals surface area contributed by atoms with Crippen molar-refractivity contribution in [3.05, 3.63) is 47.3 Å². The fraction of sp³-hybridized carbons (Fsp3) is 0.286. The van der Waals surface area contributed by atoms with Crippen molar-refractivity contribution in [1.82, 2.24) is 9.88 Å². The van der Waals surface area contributed by atoms with Crippen molar-refractivity contribution in [1.29, 1.82) is 5.26 Å². The van der Waals surface area contributed by atoms with Crippen LogP contribution in [-0.4, -0.2) is 43.5 Å². The van der Waals surface area contributed by atoms with Gasteiger partial charge in [0.15, 0.2) is 11.4 Å². The molecule has 0 bridgehead atoms. The van der Waals surface area contributed by atoms with Gasteiger partial charge in [-0.25, -0.2) is 4.39 Å². The average molecular weight is 380 g/mol. The van der Waals surface area contributed by atoms with E-state index in [0.717, 1.165) is 0 Å². The van der Waals surface area contributed by atoms with Gasteiger partial charge in [-0.05, 0) is 18.1 Å². The monoisotopic (exact) mass is 380 g/mol. The predicted molar refractivity (Wildman–Crippen MR) is 105 cm³/mol. The third kappa shape index (κ3) is 3.41. The molecule has 2 aromatic carbocycles. The summed E-state index contributed by atoms with van der Waals surface area (Å²) in [6, 6.07) is 11.3. The highest BCUT2D eigenvalue weighted by molar-refractivity contribution is 5.90. The first-order valence-electron chi connectivity index (χ1n) is 8.84. The van der Waals surface area contributed by atoms with E-state index in [0.29, 0.717) is 23.2 Å². The largest absolute Gasteiger partial charge is 0.420 e. The number of nitriles is 1. The number of hydrogen-bond acceptors (Lipinski definition) is 5. The van der Waals surface area contributed by atoms with Crippen molar-refractivity contribution in [3.8, 4) is 17.2 Å². The van der Waals surface area contributed by atoms with Gasteiger partial charge in [0.2, 0.25) is 5.91 Å². The molecule has 1 heterocycles. The van der Waals surface area contributed by atoms with Crippen molar-refractivity contribution >= 4 is 23.0 Å². The Morgan fingerprint density at radius 2 is 1.93 bits per heavy atom. The van der Waals surface area contributed by atoms with Crippen LogP contribution < -0.4 is 4.90 Å². The summed E-state index contributed by atoms with van der Waals surface area (Å²) in [5.41, 5.74) is 1.93. The van der Waals surface area contributed by atoms with Crippen LogP contribution in [0, 0.1) is 24.1 Å². The minimum atomic E-state index is -0.547. The second-order valence-corrected chi connectivity index (χ2v) is 6.80. The van der Waals surface area contributed by atoms with E-state index in [1.54, 1.807) is 45.1 Å². The van der Waals surface area contributed by atoms with Gasteiger partial charge in [0.1, 0.15) is 11.6 Å². The van der Waals surface area contributed by atoms with E-state index in [-0.39, 0.29) is 35.0 Å². The number of amides is 1. The van der Waals surface area contributed by atoms with E-state index in [1.165, 1.54) is 4.90 Å².